The van der Waals surface area contributed by atoms with Gasteiger partial charge in [0.05, 0.1) is 43.9 Å². The van der Waals surface area contributed by atoms with Crippen LogP contribution in [0.2, 0.25) is 0 Å². The van der Waals surface area contributed by atoms with E-state index in [0.717, 1.165) is 22.7 Å². The molecule has 4 nitrogen and oxygen atoms in total. The average molecular weight is 1420 g/mol. The van der Waals surface area contributed by atoms with Gasteiger partial charge in [0, 0.05) is 67.5 Å². The molecule has 0 fully saturated rings. The summed E-state index contributed by atoms with van der Waals surface area (Å²) in [7, 11) is 0. The van der Waals surface area contributed by atoms with E-state index < -0.39 is 0 Å². The summed E-state index contributed by atoms with van der Waals surface area (Å²) in [5.74, 6) is 0. The standard InChI is InChI=1S/C57H36N2.C51H32N2/c1-3-13-41(14-4-1)58-34-33-48-54(58)32-30-47-49-35-39(28-31-55(49)59(56(47)48)42-15-5-2-6-16-42)37-23-25-38(26-24-37)40-27-29-46-45-19-9-12-22-52(45)57(53(46)36-40)50-20-10-7-17-43(50)44-18-8-11-21-51(44)57;1-3-13-35(14-4-1)52-30-29-42-48(52)28-26-41-43-31-33(24-27-49(43)53(50(41)42)36-15-5-2-6-16-36)34-23-25-40-39-19-9-12-22-46(39)51(47(40)32-34)44-20-10-7-17-37(44)38-18-8-11-21-45(38)51/h1-36H;1-32H. The minimum absolute atomic E-state index is 0.348. The van der Waals surface area contributed by atoms with Crippen molar-refractivity contribution in [2.75, 3.05) is 0 Å². The first kappa shape index (κ1) is 62.5. The van der Waals surface area contributed by atoms with Gasteiger partial charge in [0.1, 0.15) is 0 Å². The Hall–Kier alpha value is -14.6. The number of fused-ring (bicyclic) bond motifs is 30. The van der Waals surface area contributed by atoms with E-state index in [1.165, 1.54) is 188 Å². The maximum Gasteiger partial charge on any atom is 0.0725 e. The molecule has 4 aromatic heterocycles. The smallest absolute Gasteiger partial charge is 0.0725 e. The molecule has 0 amide bonds. The number of aromatic nitrogens is 4. The molecule has 0 N–H and O–H groups in total. The molecule has 520 valence electrons. The van der Waals surface area contributed by atoms with Crippen molar-refractivity contribution in [2.45, 2.75) is 10.8 Å². The third kappa shape index (κ3) is 8.66. The number of para-hydroxylation sites is 4. The van der Waals surface area contributed by atoms with Crippen molar-refractivity contribution in [1.29, 1.82) is 0 Å². The van der Waals surface area contributed by atoms with Crippen LogP contribution in [0.5, 0.6) is 0 Å². The molecule has 0 saturated heterocycles. The SMILES string of the molecule is c1ccc(-n2ccc3c2ccc2c4cc(-c5ccc(-c6ccc7c(c6)C6(c8ccccc8-c8ccccc86)c6ccccc6-7)cc5)ccc4n(-c4ccccc4)c23)cc1.c1ccc(-n2ccc3c2ccc2c4cc(-c5ccc6c(c5)C5(c7ccccc7-c7ccccc75)c5ccccc5-6)ccc4n(-c4ccccc4)c23)cc1. The summed E-state index contributed by atoms with van der Waals surface area (Å²) in [5, 5.41) is 7.49. The highest BCUT2D eigenvalue weighted by Gasteiger charge is 2.53. The van der Waals surface area contributed by atoms with Gasteiger partial charge in [0.2, 0.25) is 0 Å². The molecule has 0 saturated carbocycles. The van der Waals surface area contributed by atoms with Crippen LogP contribution in [0.15, 0.2) is 413 Å². The van der Waals surface area contributed by atoms with Crippen molar-refractivity contribution in [3.05, 3.63) is 457 Å². The lowest BCUT2D eigenvalue weighted by Crippen LogP contribution is -2.25. The molecule has 0 unspecified atom stereocenters. The molecular formula is C108H68N4. The van der Waals surface area contributed by atoms with Crippen LogP contribution in [0.1, 0.15) is 44.5 Å². The lowest BCUT2D eigenvalue weighted by atomic mass is 9.70. The van der Waals surface area contributed by atoms with Crippen LogP contribution < -0.4 is 0 Å². The van der Waals surface area contributed by atoms with Crippen molar-refractivity contribution in [3.8, 4) is 101 Å². The Morgan fingerprint density at radius 1 is 0.161 bits per heavy atom. The molecule has 4 aliphatic carbocycles. The molecule has 112 heavy (non-hydrogen) atoms. The molecule has 0 aliphatic heterocycles. The second-order valence-corrected chi connectivity index (χ2v) is 30.5. The predicted molar refractivity (Wildman–Crippen MR) is 464 cm³/mol. The van der Waals surface area contributed by atoms with Crippen LogP contribution in [-0.4, -0.2) is 18.3 Å². The van der Waals surface area contributed by atoms with Crippen LogP contribution in [0.4, 0.5) is 0 Å². The fourth-order valence-corrected chi connectivity index (χ4v) is 20.5. The minimum atomic E-state index is -0.361. The van der Waals surface area contributed by atoms with Gasteiger partial charge in [-0.3, -0.25) is 0 Å². The van der Waals surface area contributed by atoms with Crippen LogP contribution >= 0.6 is 0 Å². The highest BCUT2D eigenvalue weighted by Crippen LogP contribution is 2.65. The molecular weight excluding hydrogens is 1350 g/mol. The van der Waals surface area contributed by atoms with Crippen molar-refractivity contribution in [3.63, 3.8) is 0 Å². The van der Waals surface area contributed by atoms with Gasteiger partial charge in [-0.2, -0.15) is 0 Å². The molecule has 0 bridgehead atoms. The van der Waals surface area contributed by atoms with E-state index in [2.05, 4.69) is 431 Å². The molecule has 21 aromatic rings. The predicted octanol–water partition coefficient (Wildman–Crippen LogP) is 27.1. The van der Waals surface area contributed by atoms with E-state index in [1.54, 1.807) is 0 Å². The average Bonchev–Trinajstić information content (AvgIpc) is 1.51. The number of hydrogen-bond donors (Lipinski definition) is 0. The Balaban J connectivity index is 0.000000131. The summed E-state index contributed by atoms with van der Waals surface area (Å²) in [4.78, 5) is 0. The highest BCUT2D eigenvalue weighted by molar-refractivity contribution is 6.21. The van der Waals surface area contributed by atoms with E-state index in [9.17, 15) is 0 Å². The topological polar surface area (TPSA) is 19.7 Å². The molecule has 25 rings (SSSR count). The monoisotopic (exact) mass is 1420 g/mol. The lowest BCUT2D eigenvalue weighted by Gasteiger charge is -2.30. The van der Waals surface area contributed by atoms with E-state index in [4.69, 9.17) is 0 Å². The van der Waals surface area contributed by atoms with Gasteiger partial charge in [0.15, 0.2) is 0 Å². The van der Waals surface area contributed by atoms with Crippen molar-refractivity contribution < 1.29 is 0 Å². The zero-order valence-corrected chi connectivity index (χ0v) is 61.0. The summed E-state index contributed by atoms with van der Waals surface area (Å²) < 4.78 is 9.48. The minimum Gasteiger partial charge on any atom is -0.316 e. The Bertz CT molecular complexity index is 7350. The summed E-state index contributed by atoms with van der Waals surface area (Å²) in [6.07, 6.45) is 4.40. The van der Waals surface area contributed by atoms with Crippen LogP contribution in [-0.2, 0) is 10.8 Å². The summed E-state index contributed by atoms with van der Waals surface area (Å²) in [6.45, 7) is 0. The van der Waals surface area contributed by atoms with E-state index >= 15 is 0 Å². The van der Waals surface area contributed by atoms with Gasteiger partial charge < -0.3 is 18.3 Å². The number of benzene rings is 17. The van der Waals surface area contributed by atoms with Gasteiger partial charge in [0.25, 0.3) is 0 Å². The van der Waals surface area contributed by atoms with E-state index in [1.807, 2.05) is 0 Å². The maximum absolute atomic E-state index is 2.49. The van der Waals surface area contributed by atoms with Gasteiger partial charge in [-0.25, -0.2) is 0 Å². The molecule has 0 radical (unpaired) electrons. The Labute approximate surface area is 648 Å². The van der Waals surface area contributed by atoms with Gasteiger partial charge in [-0.1, -0.05) is 291 Å². The highest BCUT2D eigenvalue weighted by atomic mass is 15.0. The lowest BCUT2D eigenvalue weighted by molar-refractivity contribution is 0.794. The van der Waals surface area contributed by atoms with Crippen molar-refractivity contribution >= 4 is 65.4 Å². The molecule has 0 atom stereocenters. The Morgan fingerprint density at radius 2 is 0.420 bits per heavy atom. The van der Waals surface area contributed by atoms with E-state index in [-0.39, 0.29) is 10.8 Å². The first-order chi connectivity index (χ1) is 55.6. The number of hydrogen-bond acceptors (Lipinski definition) is 0. The first-order valence-electron chi connectivity index (χ1n) is 38.9. The molecule has 17 aromatic carbocycles. The first-order valence-corrected chi connectivity index (χ1v) is 38.9. The van der Waals surface area contributed by atoms with Crippen LogP contribution in [0.25, 0.3) is 166 Å². The fourth-order valence-electron chi connectivity index (χ4n) is 20.5. The summed E-state index contributed by atoms with van der Waals surface area (Å²) in [5.41, 5.74) is 40.1. The van der Waals surface area contributed by atoms with Gasteiger partial charge in [-0.05, 0) is 232 Å². The fraction of sp³-hybridized carbons (Fsp3) is 0.0185. The molecule has 4 heteroatoms. The summed E-state index contributed by atoms with van der Waals surface area (Å²) in [6, 6.07) is 148. The van der Waals surface area contributed by atoms with Crippen molar-refractivity contribution in [2.24, 2.45) is 0 Å². The quantitative estimate of drug-likeness (QED) is 0.152. The van der Waals surface area contributed by atoms with Crippen LogP contribution in [0.3, 0.4) is 0 Å². The third-order valence-corrected chi connectivity index (χ3v) is 25.2. The van der Waals surface area contributed by atoms with Gasteiger partial charge in [-0.15, -0.1) is 0 Å². The molecule has 4 heterocycles. The number of rotatable bonds is 7. The second kappa shape index (κ2) is 24.0. The largest absolute Gasteiger partial charge is 0.316 e. The van der Waals surface area contributed by atoms with E-state index in [0.29, 0.717) is 0 Å². The van der Waals surface area contributed by atoms with Gasteiger partial charge >= 0.3 is 0 Å². The van der Waals surface area contributed by atoms with Crippen LogP contribution in [0, 0.1) is 0 Å². The zero-order valence-electron chi connectivity index (χ0n) is 61.0. The summed E-state index contributed by atoms with van der Waals surface area (Å²) >= 11 is 0. The normalized spacial score (nSPS) is 13.3. The Kier molecular flexibility index (Phi) is 13.4. The second-order valence-electron chi connectivity index (χ2n) is 30.5. The molecule has 2 spiro atoms. The third-order valence-electron chi connectivity index (χ3n) is 25.2. The zero-order chi connectivity index (χ0) is 73.3. The Morgan fingerprint density at radius 3 is 0.768 bits per heavy atom. The molecule has 4 aliphatic rings. The maximum atomic E-state index is 2.49. The number of nitrogens with zero attached hydrogens (tertiary/aromatic N) is 4. The van der Waals surface area contributed by atoms with Crippen molar-refractivity contribution in [1.82, 2.24) is 18.3 Å².